The second kappa shape index (κ2) is 4.99. The number of nitrogen functional groups attached to an aromatic ring is 1. The molecular weight excluding hydrogens is 229 g/mol. The molecule has 0 radical (unpaired) electrons. The van der Waals surface area contributed by atoms with Gasteiger partial charge in [0.05, 0.1) is 4.92 Å². The molecule has 0 unspecified atom stereocenters. The first-order valence-electron chi connectivity index (χ1n) is 3.47. The SMILES string of the molecule is Cc1cc([N+](=O)[O-])c(NN)cc1Cl.Cl. The van der Waals surface area contributed by atoms with Crippen LogP contribution in [-0.4, -0.2) is 4.92 Å². The van der Waals surface area contributed by atoms with Gasteiger partial charge in [0.25, 0.3) is 5.69 Å². The first kappa shape index (κ1) is 13.0. The van der Waals surface area contributed by atoms with Gasteiger partial charge in [-0.3, -0.25) is 16.0 Å². The van der Waals surface area contributed by atoms with Crippen LogP contribution in [0.2, 0.25) is 5.02 Å². The molecule has 0 bridgehead atoms. The molecule has 0 atom stereocenters. The van der Waals surface area contributed by atoms with Crippen LogP contribution >= 0.6 is 24.0 Å². The molecule has 0 aliphatic rings. The molecule has 7 heteroatoms. The van der Waals surface area contributed by atoms with Crippen molar-refractivity contribution < 1.29 is 4.92 Å². The number of aryl methyl sites for hydroxylation is 1. The van der Waals surface area contributed by atoms with Crippen LogP contribution in [0.3, 0.4) is 0 Å². The van der Waals surface area contributed by atoms with Crippen LogP contribution < -0.4 is 11.3 Å². The third-order valence-electron chi connectivity index (χ3n) is 1.63. The van der Waals surface area contributed by atoms with Crippen molar-refractivity contribution >= 4 is 35.4 Å². The zero-order valence-corrected chi connectivity index (χ0v) is 8.85. The molecule has 0 amide bonds. The molecule has 3 N–H and O–H groups in total. The van der Waals surface area contributed by atoms with Gasteiger partial charge in [-0.2, -0.15) is 0 Å². The maximum absolute atomic E-state index is 10.5. The predicted molar refractivity (Wildman–Crippen MR) is 57.9 cm³/mol. The van der Waals surface area contributed by atoms with Crippen molar-refractivity contribution in [2.24, 2.45) is 5.84 Å². The summed E-state index contributed by atoms with van der Waals surface area (Å²) in [6.07, 6.45) is 0. The molecule has 14 heavy (non-hydrogen) atoms. The van der Waals surface area contributed by atoms with Crippen LogP contribution in [0.25, 0.3) is 0 Å². The fourth-order valence-corrected chi connectivity index (χ4v) is 1.10. The van der Waals surface area contributed by atoms with Crippen LogP contribution in [0.5, 0.6) is 0 Å². The normalized spacial score (nSPS) is 9.07. The summed E-state index contributed by atoms with van der Waals surface area (Å²) in [5.41, 5.74) is 2.99. The number of nitrogens with two attached hydrogens (primary N) is 1. The first-order chi connectivity index (χ1) is 6.06. The number of nitro groups is 1. The highest BCUT2D eigenvalue weighted by Gasteiger charge is 2.14. The second-order valence-electron chi connectivity index (χ2n) is 2.52. The lowest BCUT2D eigenvalue weighted by molar-refractivity contribution is -0.384. The van der Waals surface area contributed by atoms with Gasteiger partial charge in [0.15, 0.2) is 0 Å². The number of halogens is 2. The molecule has 0 saturated heterocycles. The lowest BCUT2D eigenvalue weighted by Crippen LogP contribution is -2.09. The summed E-state index contributed by atoms with van der Waals surface area (Å²) >= 11 is 5.75. The zero-order chi connectivity index (χ0) is 10.0. The molecule has 0 saturated carbocycles. The monoisotopic (exact) mass is 237 g/mol. The molecular formula is C7H9Cl2N3O2. The van der Waals surface area contributed by atoms with E-state index in [0.29, 0.717) is 10.6 Å². The molecule has 78 valence electrons. The smallest absolute Gasteiger partial charge is 0.294 e. The Morgan fingerprint density at radius 3 is 2.57 bits per heavy atom. The van der Waals surface area contributed by atoms with Crippen LogP contribution in [0, 0.1) is 17.0 Å². The summed E-state index contributed by atoms with van der Waals surface area (Å²) in [5.74, 6) is 5.09. The van der Waals surface area contributed by atoms with Gasteiger partial charge in [-0.15, -0.1) is 12.4 Å². The van der Waals surface area contributed by atoms with Crippen LogP contribution in [-0.2, 0) is 0 Å². The Hall–Kier alpha value is -1.04. The number of rotatable bonds is 2. The summed E-state index contributed by atoms with van der Waals surface area (Å²) in [5, 5.41) is 11.0. The van der Waals surface area contributed by atoms with Gasteiger partial charge < -0.3 is 5.43 Å². The second-order valence-corrected chi connectivity index (χ2v) is 2.93. The summed E-state index contributed by atoms with van der Waals surface area (Å²) in [4.78, 5) is 10.00. The Bertz CT molecular complexity index is 357. The molecule has 0 aliphatic carbocycles. The van der Waals surface area contributed by atoms with Crippen molar-refractivity contribution in [3.05, 3.63) is 32.8 Å². The van der Waals surface area contributed by atoms with Crippen LogP contribution in [0.4, 0.5) is 11.4 Å². The van der Waals surface area contributed by atoms with Crippen molar-refractivity contribution in [3.63, 3.8) is 0 Å². The molecule has 1 aromatic carbocycles. The van der Waals surface area contributed by atoms with Gasteiger partial charge in [-0.25, -0.2) is 0 Å². The molecule has 0 spiro atoms. The van der Waals surface area contributed by atoms with Crippen molar-refractivity contribution in [1.29, 1.82) is 0 Å². The van der Waals surface area contributed by atoms with E-state index in [0.717, 1.165) is 0 Å². The molecule has 1 aromatic rings. The minimum absolute atomic E-state index is 0. The first-order valence-corrected chi connectivity index (χ1v) is 3.85. The third kappa shape index (κ3) is 2.47. The number of hydrogen-bond donors (Lipinski definition) is 2. The maximum Gasteiger partial charge on any atom is 0.294 e. The highest BCUT2D eigenvalue weighted by molar-refractivity contribution is 6.31. The Morgan fingerprint density at radius 1 is 1.57 bits per heavy atom. The van der Waals surface area contributed by atoms with Crippen molar-refractivity contribution in [2.45, 2.75) is 6.92 Å². The minimum Gasteiger partial charge on any atom is -0.318 e. The van der Waals surface area contributed by atoms with E-state index in [9.17, 15) is 10.1 Å². The third-order valence-corrected chi connectivity index (χ3v) is 2.04. The minimum atomic E-state index is -0.515. The van der Waals surface area contributed by atoms with Crippen molar-refractivity contribution in [1.82, 2.24) is 0 Å². The molecule has 0 heterocycles. The van der Waals surface area contributed by atoms with Crippen molar-refractivity contribution in [2.75, 3.05) is 5.43 Å². The van der Waals surface area contributed by atoms with Gasteiger partial charge in [0, 0.05) is 11.1 Å². The van der Waals surface area contributed by atoms with Gasteiger partial charge in [-0.05, 0) is 18.6 Å². The number of nitrogens with zero attached hydrogens (tertiary/aromatic N) is 1. The molecule has 0 fully saturated rings. The molecule has 0 aromatic heterocycles. The number of nitro benzene ring substituents is 1. The molecule has 0 aliphatic heterocycles. The van der Waals surface area contributed by atoms with E-state index in [1.807, 2.05) is 0 Å². The molecule has 5 nitrogen and oxygen atoms in total. The van der Waals surface area contributed by atoms with E-state index >= 15 is 0 Å². The number of hydrazine groups is 1. The Labute approximate surface area is 91.8 Å². The summed E-state index contributed by atoms with van der Waals surface area (Å²) in [6, 6.07) is 2.80. The summed E-state index contributed by atoms with van der Waals surface area (Å²) in [7, 11) is 0. The van der Waals surface area contributed by atoms with Crippen LogP contribution in [0.15, 0.2) is 12.1 Å². The number of benzene rings is 1. The fraction of sp³-hybridized carbons (Fsp3) is 0.143. The maximum atomic E-state index is 10.5. The average molecular weight is 238 g/mol. The highest BCUT2D eigenvalue weighted by atomic mass is 35.5. The van der Waals surface area contributed by atoms with Gasteiger partial charge in [0.1, 0.15) is 5.69 Å². The van der Waals surface area contributed by atoms with Gasteiger partial charge in [-0.1, -0.05) is 11.6 Å². The Morgan fingerprint density at radius 2 is 2.14 bits per heavy atom. The molecule has 1 rings (SSSR count). The highest BCUT2D eigenvalue weighted by Crippen LogP contribution is 2.29. The topological polar surface area (TPSA) is 81.2 Å². The van der Waals surface area contributed by atoms with E-state index in [1.54, 1.807) is 6.92 Å². The largest absolute Gasteiger partial charge is 0.318 e. The van der Waals surface area contributed by atoms with E-state index < -0.39 is 4.92 Å². The zero-order valence-electron chi connectivity index (χ0n) is 7.28. The number of nitrogens with one attached hydrogen (secondary N) is 1. The Balaban J connectivity index is 0.00000169. The summed E-state index contributed by atoms with van der Waals surface area (Å²) in [6.45, 7) is 1.69. The Kier molecular flexibility index (Phi) is 4.62. The predicted octanol–water partition coefficient (Wildman–Crippen LogP) is 2.26. The van der Waals surface area contributed by atoms with E-state index in [-0.39, 0.29) is 23.8 Å². The standard InChI is InChI=1S/C7H8ClN3O2.ClH/c1-4-2-7(11(12)13)6(10-9)3-5(4)8;/h2-3,10H,9H2,1H3;1H. The fourth-order valence-electron chi connectivity index (χ4n) is 0.933. The van der Waals surface area contributed by atoms with E-state index in [2.05, 4.69) is 5.43 Å². The number of hydrogen-bond acceptors (Lipinski definition) is 4. The lowest BCUT2D eigenvalue weighted by atomic mass is 10.2. The quantitative estimate of drug-likeness (QED) is 0.470. The van der Waals surface area contributed by atoms with Crippen LogP contribution in [0.1, 0.15) is 5.56 Å². The van der Waals surface area contributed by atoms with E-state index in [4.69, 9.17) is 17.4 Å². The van der Waals surface area contributed by atoms with Gasteiger partial charge >= 0.3 is 0 Å². The average Bonchev–Trinajstić information content (AvgIpc) is 2.08. The number of anilines is 1. The van der Waals surface area contributed by atoms with Crippen molar-refractivity contribution in [3.8, 4) is 0 Å². The summed E-state index contributed by atoms with van der Waals surface area (Å²) < 4.78 is 0. The lowest BCUT2D eigenvalue weighted by Gasteiger charge is -2.04. The van der Waals surface area contributed by atoms with E-state index in [1.165, 1.54) is 12.1 Å². The van der Waals surface area contributed by atoms with Gasteiger partial charge in [0.2, 0.25) is 0 Å².